The summed E-state index contributed by atoms with van der Waals surface area (Å²) in [5, 5.41) is 2.75. The molecule has 1 heterocycles. The first kappa shape index (κ1) is 14.4. The van der Waals surface area contributed by atoms with Crippen LogP contribution in [0.15, 0.2) is 30.3 Å². The van der Waals surface area contributed by atoms with Gasteiger partial charge in [-0.25, -0.2) is 0 Å². The number of nitrogens with one attached hydrogen (secondary N) is 1. The van der Waals surface area contributed by atoms with Crippen LogP contribution in [-0.4, -0.2) is 42.5 Å². The zero-order valence-electron chi connectivity index (χ0n) is 11.7. The van der Waals surface area contributed by atoms with Crippen LogP contribution in [0.3, 0.4) is 0 Å². The van der Waals surface area contributed by atoms with E-state index < -0.39 is 0 Å². The van der Waals surface area contributed by atoms with E-state index in [0.29, 0.717) is 32.5 Å². The number of hydrogen-bond donors (Lipinski definition) is 1. The maximum absolute atomic E-state index is 12.1. The predicted molar refractivity (Wildman–Crippen MR) is 75.4 cm³/mol. The number of hydrogen-bond acceptors (Lipinski definition) is 3. The normalized spacial score (nSPS) is 18.6. The van der Waals surface area contributed by atoms with Crippen LogP contribution < -0.4 is 10.1 Å². The van der Waals surface area contributed by atoms with Gasteiger partial charge in [0, 0.05) is 19.5 Å². The van der Waals surface area contributed by atoms with E-state index >= 15 is 0 Å². The van der Waals surface area contributed by atoms with E-state index in [1.807, 2.05) is 30.3 Å². The number of carbonyl (C=O) groups is 2. The summed E-state index contributed by atoms with van der Waals surface area (Å²) in [6.07, 6.45) is 1.06. The monoisotopic (exact) mass is 276 g/mol. The molecule has 108 valence electrons. The Kier molecular flexibility index (Phi) is 4.98. The van der Waals surface area contributed by atoms with Gasteiger partial charge in [0.25, 0.3) is 0 Å². The van der Waals surface area contributed by atoms with E-state index in [1.165, 1.54) is 0 Å². The molecule has 0 aliphatic carbocycles. The highest BCUT2D eigenvalue weighted by molar-refractivity contribution is 5.88. The Labute approximate surface area is 118 Å². The van der Waals surface area contributed by atoms with Crippen LogP contribution in [0.1, 0.15) is 19.8 Å². The van der Waals surface area contributed by atoms with Crippen molar-refractivity contribution >= 4 is 11.8 Å². The van der Waals surface area contributed by atoms with Gasteiger partial charge >= 0.3 is 0 Å². The molecule has 1 aliphatic heterocycles. The van der Waals surface area contributed by atoms with Crippen molar-refractivity contribution in [2.75, 3.05) is 19.7 Å². The van der Waals surface area contributed by atoms with E-state index in [-0.39, 0.29) is 17.9 Å². The zero-order chi connectivity index (χ0) is 14.4. The molecule has 0 radical (unpaired) electrons. The van der Waals surface area contributed by atoms with Crippen molar-refractivity contribution in [2.24, 2.45) is 0 Å². The van der Waals surface area contributed by atoms with Gasteiger partial charge in [0.1, 0.15) is 11.8 Å². The van der Waals surface area contributed by atoms with Crippen molar-refractivity contribution in [3.05, 3.63) is 30.3 Å². The largest absolute Gasteiger partial charge is 0.494 e. The number of benzene rings is 1. The Morgan fingerprint density at radius 1 is 1.40 bits per heavy atom. The number of carbonyl (C=O) groups excluding carboxylic acids is 2. The molecule has 5 heteroatoms. The molecule has 1 aromatic carbocycles. The lowest BCUT2D eigenvalue weighted by atomic mass is 10.1. The number of piperazine rings is 1. The Bertz CT molecular complexity index is 461. The second-order valence-corrected chi connectivity index (χ2v) is 4.82. The predicted octanol–water partition coefficient (Wildman–Crippen LogP) is 1.19. The lowest BCUT2D eigenvalue weighted by molar-refractivity contribution is -0.142. The van der Waals surface area contributed by atoms with Crippen LogP contribution in [0.4, 0.5) is 0 Å². The third-order valence-corrected chi connectivity index (χ3v) is 3.37. The van der Waals surface area contributed by atoms with Gasteiger partial charge in [0.05, 0.1) is 6.61 Å². The van der Waals surface area contributed by atoms with Crippen LogP contribution in [0.5, 0.6) is 5.75 Å². The van der Waals surface area contributed by atoms with Gasteiger partial charge in [-0.2, -0.15) is 0 Å². The average Bonchev–Trinajstić information content (AvgIpc) is 2.47. The summed E-state index contributed by atoms with van der Waals surface area (Å²) in [5.41, 5.74) is 0. The number of ether oxygens (including phenoxy) is 1. The van der Waals surface area contributed by atoms with E-state index in [4.69, 9.17) is 4.74 Å². The molecule has 1 unspecified atom stereocenters. The number of rotatable bonds is 5. The van der Waals surface area contributed by atoms with Gasteiger partial charge in [0.15, 0.2) is 0 Å². The van der Waals surface area contributed by atoms with Crippen LogP contribution in [-0.2, 0) is 9.59 Å². The smallest absolute Gasteiger partial charge is 0.242 e. The summed E-state index contributed by atoms with van der Waals surface area (Å²) in [4.78, 5) is 25.2. The van der Waals surface area contributed by atoms with E-state index in [9.17, 15) is 9.59 Å². The second-order valence-electron chi connectivity index (χ2n) is 4.82. The topological polar surface area (TPSA) is 58.6 Å². The van der Waals surface area contributed by atoms with Gasteiger partial charge in [-0.15, -0.1) is 0 Å². The van der Waals surface area contributed by atoms with Crippen LogP contribution in [0.25, 0.3) is 0 Å². The lowest BCUT2D eigenvalue weighted by Crippen LogP contribution is -2.55. The molecule has 1 aromatic rings. The number of nitrogens with zero attached hydrogens (tertiary/aromatic N) is 1. The third-order valence-electron chi connectivity index (χ3n) is 3.37. The zero-order valence-corrected chi connectivity index (χ0v) is 11.7. The highest BCUT2D eigenvalue weighted by Gasteiger charge is 2.28. The van der Waals surface area contributed by atoms with E-state index in [2.05, 4.69) is 5.32 Å². The highest BCUT2D eigenvalue weighted by atomic mass is 16.5. The van der Waals surface area contributed by atoms with Crippen LogP contribution >= 0.6 is 0 Å². The number of amides is 2. The summed E-state index contributed by atoms with van der Waals surface area (Å²) in [7, 11) is 0. The molecule has 0 spiro atoms. The Hall–Kier alpha value is -2.04. The molecule has 1 N–H and O–H groups in total. The fraction of sp³-hybridized carbons (Fsp3) is 0.467. The molecule has 1 atom stereocenters. The van der Waals surface area contributed by atoms with Gasteiger partial charge in [-0.1, -0.05) is 18.2 Å². The summed E-state index contributed by atoms with van der Waals surface area (Å²) in [6.45, 7) is 3.39. The number of para-hydroxylation sites is 1. The minimum atomic E-state index is -0.369. The standard InChI is InChI=1S/C15H20N2O3/c1-12-15(19)16-9-10-17(12)14(18)8-5-11-20-13-6-3-2-4-7-13/h2-4,6-7,12H,5,8-11H2,1H3,(H,16,19). The summed E-state index contributed by atoms with van der Waals surface area (Å²) in [5.74, 6) is 0.750. The van der Waals surface area contributed by atoms with E-state index in [1.54, 1.807) is 11.8 Å². The Morgan fingerprint density at radius 3 is 2.90 bits per heavy atom. The molecule has 2 rings (SSSR count). The van der Waals surface area contributed by atoms with Gasteiger partial charge < -0.3 is 15.0 Å². The fourth-order valence-electron chi connectivity index (χ4n) is 2.20. The molecule has 0 aromatic heterocycles. The molecule has 2 amide bonds. The van der Waals surface area contributed by atoms with Crippen molar-refractivity contribution in [1.29, 1.82) is 0 Å². The molecule has 1 saturated heterocycles. The van der Waals surface area contributed by atoms with Crippen molar-refractivity contribution in [3.8, 4) is 5.75 Å². The van der Waals surface area contributed by atoms with Crippen molar-refractivity contribution in [2.45, 2.75) is 25.8 Å². The van der Waals surface area contributed by atoms with Crippen LogP contribution in [0.2, 0.25) is 0 Å². The second kappa shape index (κ2) is 6.93. The molecule has 1 aliphatic rings. The van der Waals surface area contributed by atoms with E-state index in [0.717, 1.165) is 5.75 Å². The molecular weight excluding hydrogens is 256 g/mol. The maximum atomic E-state index is 12.1. The fourth-order valence-corrected chi connectivity index (χ4v) is 2.20. The van der Waals surface area contributed by atoms with Crippen LogP contribution in [0, 0.1) is 0 Å². The summed E-state index contributed by atoms with van der Waals surface area (Å²) < 4.78 is 5.54. The molecule has 0 saturated carbocycles. The Morgan fingerprint density at radius 2 is 2.15 bits per heavy atom. The molecule has 1 fully saturated rings. The van der Waals surface area contributed by atoms with Crippen molar-refractivity contribution < 1.29 is 14.3 Å². The molecular formula is C15H20N2O3. The van der Waals surface area contributed by atoms with Gasteiger partial charge in [-0.3, -0.25) is 9.59 Å². The third kappa shape index (κ3) is 3.73. The SMILES string of the molecule is CC1C(=O)NCCN1C(=O)CCCOc1ccccc1. The van der Waals surface area contributed by atoms with Gasteiger partial charge in [0.2, 0.25) is 11.8 Å². The first-order valence-electron chi connectivity index (χ1n) is 6.93. The van der Waals surface area contributed by atoms with Crippen molar-refractivity contribution in [1.82, 2.24) is 10.2 Å². The highest BCUT2D eigenvalue weighted by Crippen LogP contribution is 2.10. The average molecular weight is 276 g/mol. The first-order valence-corrected chi connectivity index (χ1v) is 6.93. The molecule has 20 heavy (non-hydrogen) atoms. The van der Waals surface area contributed by atoms with Crippen molar-refractivity contribution in [3.63, 3.8) is 0 Å². The molecule has 0 bridgehead atoms. The first-order chi connectivity index (χ1) is 9.68. The lowest BCUT2D eigenvalue weighted by Gasteiger charge is -2.32. The maximum Gasteiger partial charge on any atom is 0.242 e. The molecule has 5 nitrogen and oxygen atoms in total. The summed E-state index contributed by atoms with van der Waals surface area (Å²) >= 11 is 0. The minimum absolute atomic E-state index is 0.0176. The summed E-state index contributed by atoms with van der Waals surface area (Å²) in [6, 6.07) is 9.16. The quantitative estimate of drug-likeness (QED) is 0.822. The Balaban J connectivity index is 1.71. The minimum Gasteiger partial charge on any atom is -0.494 e. The van der Waals surface area contributed by atoms with Gasteiger partial charge in [-0.05, 0) is 25.5 Å².